The first-order valence-corrected chi connectivity index (χ1v) is 5.25. The van der Waals surface area contributed by atoms with E-state index in [2.05, 4.69) is 18.6 Å². The molecule has 1 saturated carbocycles. The molecule has 14 heavy (non-hydrogen) atoms. The molecule has 0 N–H and O–H groups in total. The lowest BCUT2D eigenvalue weighted by Gasteiger charge is -2.23. The highest BCUT2D eigenvalue weighted by Crippen LogP contribution is 2.43. The van der Waals surface area contributed by atoms with Crippen LogP contribution in [0, 0.1) is 17.3 Å². The van der Waals surface area contributed by atoms with Crippen LogP contribution in [0.1, 0.15) is 39.5 Å². The van der Waals surface area contributed by atoms with Gasteiger partial charge in [-0.3, -0.25) is 9.59 Å². The summed E-state index contributed by atoms with van der Waals surface area (Å²) in [6.07, 6.45) is 3.73. The molecule has 78 valence electrons. The Labute approximate surface area is 83.8 Å². The lowest BCUT2D eigenvalue weighted by molar-refractivity contribution is -0.154. The Morgan fingerprint density at radius 2 is 1.86 bits per heavy atom. The van der Waals surface area contributed by atoms with Crippen LogP contribution in [0.15, 0.2) is 0 Å². The maximum absolute atomic E-state index is 11.4. The van der Waals surface area contributed by atoms with Crippen LogP contribution in [0.3, 0.4) is 0 Å². The molecule has 1 aliphatic carbocycles. The highest BCUT2D eigenvalue weighted by Gasteiger charge is 2.47. The fourth-order valence-electron chi connectivity index (χ4n) is 2.62. The minimum absolute atomic E-state index is 0.149. The van der Waals surface area contributed by atoms with Crippen molar-refractivity contribution in [2.45, 2.75) is 39.5 Å². The molecular formula is C11H16O3. The lowest BCUT2D eigenvalue weighted by atomic mass is 9.80. The van der Waals surface area contributed by atoms with Gasteiger partial charge in [-0.25, -0.2) is 0 Å². The molecule has 1 heterocycles. The van der Waals surface area contributed by atoms with Crippen LogP contribution in [0.5, 0.6) is 0 Å². The normalized spacial score (nSPS) is 36.1. The van der Waals surface area contributed by atoms with Gasteiger partial charge in [0, 0.05) is 0 Å². The number of hydrogen-bond donors (Lipinski definition) is 0. The van der Waals surface area contributed by atoms with Gasteiger partial charge in [-0.15, -0.1) is 0 Å². The second kappa shape index (κ2) is 3.07. The number of carbonyl (C=O) groups excluding carboxylic acids is 2. The van der Waals surface area contributed by atoms with E-state index >= 15 is 0 Å². The molecule has 2 fully saturated rings. The van der Waals surface area contributed by atoms with Gasteiger partial charge >= 0.3 is 11.9 Å². The smallest absolute Gasteiger partial charge is 0.317 e. The van der Waals surface area contributed by atoms with E-state index < -0.39 is 0 Å². The van der Waals surface area contributed by atoms with E-state index in [4.69, 9.17) is 0 Å². The maximum atomic E-state index is 11.4. The Bertz CT molecular complexity index is 280. The van der Waals surface area contributed by atoms with Crippen LogP contribution in [0.25, 0.3) is 0 Å². The predicted molar refractivity (Wildman–Crippen MR) is 50.3 cm³/mol. The number of fused-ring (bicyclic) bond motifs is 1. The monoisotopic (exact) mass is 196 g/mol. The van der Waals surface area contributed by atoms with Gasteiger partial charge in [-0.05, 0) is 24.7 Å². The van der Waals surface area contributed by atoms with Crippen molar-refractivity contribution < 1.29 is 14.3 Å². The number of ether oxygens (including phenoxy) is 1. The van der Waals surface area contributed by atoms with Crippen molar-refractivity contribution in [3.05, 3.63) is 0 Å². The second-order valence-corrected chi connectivity index (χ2v) is 5.21. The highest BCUT2D eigenvalue weighted by atomic mass is 16.6. The minimum atomic E-state index is -0.296. The molecule has 2 unspecified atom stereocenters. The topological polar surface area (TPSA) is 43.4 Å². The maximum Gasteiger partial charge on any atom is 0.317 e. The lowest BCUT2D eigenvalue weighted by Crippen LogP contribution is -2.21. The van der Waals surface area contributed by atoms with Gasteiger partial charge in [0.25, 0.3) is 0 Å². The van der Waals surface area contributed by atoms with E-state index in [1.807, 2.05) is 0 Å². The van der Waals surface area contributed by atoms with Crippen molar-refractivity contribution in [2.75, 3.05) is 0 Å². The van der Waals surface area contributed by atoms with Gasteiger partial charge in [-0.2, -0.15) is 0 Å². The molecule has 1 aliphatic heterocycles. The van der Waals surface area contributed by atoms with Crippen LogP contribution in [-0.2, 0) is 14.3 Å². The average Bonchev–Trinajstić information content (AvgIpc) is 2.29. The van der Waals surface area contributed by atoms with E-state index in [0.717, 1.165) is 25.7 Å². The summed E-state index contributed by atoms with van der Waals surface area (Å²) in [7, 11) is 0. The van der Waals surface area contributed by atoms with Crippen molar-refractivity contribution in [2.24, 2.45) is 17.3 Å². The first kappa shape index (κ1) is 9.69. The summed E-state index contributed by atoms with van der Waals surface area (Å²) < 4.78 is 4.68. The van der Waals surface area contributed by atoms with Crippen molar-refractivity contribution in [3.8, 4) is 0 Å². The van der Waals surface area contributed by atoms with Gasteiger partial charge in [0.1, 0.15) is 0 Å². The molecule has 3 nitrogen and oxygen atoms in total. The molecule has 2 rings (SSSR count). The minimum Gasteiger partial charge on any atom is -0.393 e. The predicted octanol–water partition coefficient (Wildman–Crippen LogP) is 1.90. The van der Waals surface area contributed by atoms with Crippen LogP contribution in [-0.4, -0.2) is 11.9 Å². The van der Waals surface area contributed by atoms with Gasteiger partial charge in [0.05, 0.1) is 11.8 Å². The first-order valence-electron chi connectivity index (χ1n) is 5.25. The average molecular weight is 196 g/mol. The molecule has 3 heteroatoms. The summed E-state index contributed by atoms with van der Waals surface area (Å²) in [6.45, 7) is 4.32. The summed E-state index contributed by atoms with van der Waals surface area (Å²) >= 11 is 0. The standard InChI is InChI=1S/C11H16O3/c1-11(2)5-3-4-7-8(6-11)10(13)14-9(7)12/h7-8H,3-6H2,1-2H3. The van der Waals surface area contributed by atoms with E-state index in [-0.39, 0.29) is 29.2 Å². The van der Waals surface area contributed by atoms with Crippen LogP contribution >= 0.6 is 0 Å². The molecule has 2 atom stereocenters. The SMILES string of the molecule is CC1(C)CCCC2C(=O)OC(=O)C2C1. The quantitative estimate of drug-likeness (QED) is 0.439. The van der Waals surface area contributed by atoms with Crippen LogP contribution in [0.2, 0.25) is 0 Å². The number of carbonyl (C=O) groups is 2. The first-order chi connectivity index (χ1) is 6.49. The van der Waals surface area contributed by atoms with Crippen molar-refractivity contribution in [1.82, 2.24) is 0 Å². The molecule has 0 aromatic heterocycles. The molecule has 0 aromatic carbocycles. The van der Waals surface area contributed by atoms with E-state index in [1.54, 1.807) is 0 Å². The third-order valence-corrected chi connectivity index (χ3v) is 3.43. The van der Waals surface area contributed by atoms with Crippen molar-refractivity contribution >= 4 is 11.9 Å². The number of cyclic esters (lactones) is 2. The number of hydrogen-bond acceptors (Lipinski definition) is 3. The molecule has 2 aliphatic rings. The second-order valence-electron chi connectivity index (χ2n) is 5.21. The van der Waals surface area contributed by atoms with Gasteiger partial charge in [-0.1, -0.05) is 20.3 Å². The number of esters is 2. The largest absolute Gasteiger partial charge is 0.393 e. The number of rotatable bonds is 0. The van der Waals surface area contributed by atoms with Crippen LogP contribution < -0.4 is 0 Å². The van der Waals surface area contributed by atoms with Gasteiger partial charge in [0.2, 0.25) is 0 Å². The third-order valence-electron chi connectivity index (χ3n) is 3.43. The van der Waals surface area contributed by atoms with Crippen LogP contribution in [0.4, 0.5) is 0 Å². The Morgan fingerprint density at radius 3 is 2.57 bits per heavy atom. The van der Waals surface area contributed by atoms with Gasteiger partial charge < -0.3 is 4.74 Å². The zero-order valence-electron chi connectivity index (χ0n) is 8.71. The zero-order valence-corrected chi connectivity index (χ0v) is 8.71. The Hall–Kier alpha value is -0.860. The molecule has 1 saturated heterocycles. The highest BCUT2D eigenvalue weighted by molar-refractivity contribution is 5.96. The summed E-state index contributed by atoms with van der Waals surface area (Å²) in [4.78, 5) is 22.8. The van der Waals surface area contributed by atoms with E-state index in [1.165, 1.54) is 0 Å². The Kier molecular flexibility index (Phi) is 2.13. The summed E-state index contributed by atoms with van der Waals surface area (Å²) in [5.41, 5.74) is 0.170. The molecule has 0 amide bonds. The van der Waals surface area contributed by atoms with Crippen molar-refractivity contribution in [3.63, 3.8) is 0 Å². The molecule has 0 bridgehead atoms. The summed E-state index contributed by atoms with van der Waals surface area (Å²) in [5, 5.41) is 0. The molecular weight excluding hydrogens is 180 g/mol. The molecule has 0 spiro atoms. The summed E-state index contributed by atoms with van der Waals surface area (Å²) in [5.74, 6) is -0.906. The van der Waals surface area contributed by atoms with E-state index in [9.17, 15) is 9.59 Å². The summed E-state index contributed by atoms with van der Waals surface area (Å²) in [6, 6.07) is 0. The molecule has 0 radical (unpaired) electrons. The third kappa shape index (κ3) is 1.56. The fraction of sp³-hybridized carbons (Fsp3) is 0.818. The van der Waals surface area contributed by atoms with Gasteiger partial charge in [0.15, 0.2) is 0 Å². The zero-order chi connectivity index (χ0) is 10.3. The molecule has 0 aromatic rings. The Balaban J connectivity index is 2.22. The van der Waals surface area contributed by atoms with E-state index in [0.29, 0.717) is 0 Å². The fourth-order valence-corrected chi connectivity index (χ4v) is 2.62. The Morgan fingerprint density at radius 1 is 1.21 bits per heavy atom. The van der Waals surface area contributed by atoms with Crippen molar-refractivity contribution in [1.29, 1.82) is 0 Å².